The minimum atomic E-state index is -5.27. The Bertz CT molecular complexity index is 1670. The third kappa shape index (κ3) is 6.73. The number of carbonyl (C=O) groups is 3. The number of benzene rings is 2. The smallest absolute Gasteiger partial charge is 0.471 e. The molecule has 41 heavy (non-hydrogen) atoms. The number of nitrogens with two attached hydrogens (primary N) is 1. The molecule has 0 fully saturated rings. The summed E-state index contributed by atoms with van der Waals surface area (Å²) in [6, 6.07) is 8.75. The number of alkyl halides is 3. The lowest BCUT2D eigenvalue weighted by atomic mass is 10.1. The van der Waals surface area contributed by atoms with E-state index >= 15 is 0 Å². The normalized spacial score (nSPS) is 12.1. The summed E-state index contributed by atoms with van der Waals surface area (Å²) in [6.07, 6.45) is -4.21. The fraction of sp³-hybridized carbons (Fsp3) is 0.160. The summed E-state index contributed by atoms with van der Waals surface area (Å²) < 4.78 is 40.3. The molecule has 0 saturated heterocycles. The molecular formula is C25H21F3N7O6+. The molecule has 212 valence electrons. The summed E-state index contributed by atoms with van der Waals surface area (Å²) in [7, 11) is 0. The Morgan fingerprint density at radius 1 is 1.07 bits per heavy atom. The average molecular weight is 581 g/mol. The lowest BCUT2D eigenvalue weighted by Gasteiger charge is -2.23. The van der Waals surface area contributed by atoms with Crippen LogP contribution in [0.5, 0.6) is 5.75 Å². The molecule has 0 aliphatic carbocycles. The lowest BCUT2D eigenvalue weighted by Crippen LogP contribution is -2.42. The first-order valence-electron chi connectivity index (χ1n) is 11.7. The van der Waals surface area contributed by atoms with Gasteiger partial charge in [-0.2, -0.15) is 13.2 Å². The summed E-state index contributed by atoms with van der Waals surface area (Å²) in [5.74, 6) is -4.62. The largest absolute Gasteiger partial charge is 0.508 e. The van der Waals surface area contributed by atoms with Gasteiger partial charge in [0.05, 0.1) is 6.54 Å². The first-order valence-corrected chi connectivity index (χ1v) is 11.7. The maximum Gasteiger partial charge on any atom is 0.471 e. The molecule has 2 heterocycles. The van der Waals surface area contributed by atoms with Gasteiger partial charge < -0.3 is 21.3 Å². The van der Waals surface area contributed by atoms with Crippen molar-refractivity contribution in [1.29, 1.82) is 0 Å². The van der Waals surface area contributed by atoms with E-state index in [-0.39, 0.29) is 46.2 Å². The van der Waals surface area contributed by atoms with E-state index in [4.69, 9.17) is 5.73 Å². The van der Waals surface area contributed by atoms with E-state index in [0.29, 0.717) is 10.5 Å². The first-order chi connectivity index (χ1) is 19.3. The van der Waals surface area contributed by atoms with Crippen LogP contribution in [0.25, 0.3) is 11.2 Å². The van der Waals surface area contributed by atoms with E-state index in [9.17, 15) is 42.6 Å². The van der Waals surface area contributed by atoms with Gasteiger partial charge in [-0.15, -0.1) is 0 Å². The van der Waals surface area contributed by atoms with Crippen molar-refractivity contribution in [1.82, 2.24) is 20.3 Å². The molecule has 16 heteroatoms. The molecule has 0 radical (unpaired) electrons. The average Bonchev–Trinajstić information content (AvgIpc) is 2.92. The van der Waals surface area contributed by atoms with Gasteiger partial charge in [0, 0.05) is 17.7 Å². The number of anilines is 2. The number of aromatic nitrogens is 4. The topological polar surface area (TPSA) is 206 Å². The van der Waals surface area contributed by atoms with E-state index < -0.39 is 42.1 Å². The standard InChI is InChI=1S/C25H20F3N7O6/c26-25(27,28)23(41)35(11-14-10-30-19-18(31-14)21(38)34-24(29)33-19)15-5-3-13(4-6-15)20(37)32-17(22(39)40)9-12-1-7-16(36)8-2-12/h1-8,10,17,36H,9,11H2,(H,32,37)(H,39,40)(H3,29,30,33,34,38)/p+1/t17-/m0/s1/i1+1,2+1,7+1,8+1,9+1,12+1,16+1,17+1,22+1. The number of aliphatic carboxylic acids is 1. The fourth-order valence-corrected chi connectivity index (χ4v) is 3.79. The highest BCUT2D eigenvalue weighted by molar-refractivity contribution is 5.99. The third-order valence-electron chi connectivity index (χ3n) is 5.77. The van der Waals surface area contributed by atoms with Crippen LogP contribution in [0.15, 0.2) is 59.5 Å². The van der Waals surface area contributed by atoms with Gasteiger partial charge in [0.1, 0.15) is 23.7 Å². The number of aromatic amines is 2. The highest BCUT2D eigenvalue weighted by Crippen LogP contribution is 2.26. The molecule has 1 atom stereocenters. The number of hydrogen-bond donors (Lipinski definition) is 5. The Balaban J connectivity index is 1.57. The van der Waals surface area contributed by atoms with E-state index in [1.165, 1.54) is 24.3 Å². The second-order valence-electron chi connectivity index (χ2n) is 8.71. The van der Waals surface area contributed by atoms with Gasteiger partial charge in [0.15, 0.2) is 0 Å². The molecular weight excluding hydrogens is 560 g/mol. The van der Waals surface area contributed by atoms with Gasteiger partial charge in [-0.3, -0.25) is 24.3 Å². The summed E-state index contributed by atoms with van der Waals surface area (Å²) >= 11 is 0. The van der Waals surface area contributed by atoms with Crippen molar-refractivity contribution >= 4 is 40.6 Å². The summed E-state index contributed by atoms with van der Waals surface area (Å²) in [6.45, 7) is -0.714. The van der Waals surface area contributed by atoms with Crippen molar-refractivity contribution in [2.75, 3.05) is 10.6 Å². The van der Waals surface area contributed by atoms with E-state index in [0.717, 1.165) is 30.5 Å². The van der Waals surface area contributed by atoms with Gasteiger partial charge in [-0.05, 0) is 46.9 Å². The number of fused-ring (bicyclic) bond motifs is 1. The van der Waals surface area contributed by atoms with Gasteiger partial charge in [0.25, 0.3) is 11.5 Å². The predicted octanol–water partition coefficient (Wildman–Crippen LogP) is 0.941. The molecule has 4 aromatic rings. The van der Waals surface area contributed by atoms with Gasteiger partial charge in [-0.25, -0.2) is 14.8 Å². The van der Waals surface area contributed by atoms with E-state index in [2.05, 4.69) is 25.3 Å². The van der Waals surface area contributed by atoms with Crippen LogP contribution >= 0.6 is 0 Å². The molecule has 2 amide bonds. The minimum Gasteiger partial charge on any atom is -0.508 e. The van der Waals surface area contributed by atoms with E-state index in [1.54, 1.807) is 0 Å². The zero-order chi connectivity index (χ0) is 29.9. The number of rotatable bonds is 8. The molecule has 0 saturated carbocycles. The third-order valence-corrected chi connectivity index (χ3v) is 5.77. The van der Waals surface area contributed by atoms with Crippen molar-refractivity contribution in [2.24, 2.45) is 0 Å². The van der Waals surface area contributed by atoms with Crippen molar-refractivity contribution < 1.29 is 42.8 Å². The van der Waals surface area contributed by atoms with Crippen molar-refractivity contribution in [3.05, 3.63) is 81.9 Å². The van der Waals surface area contributed by atoms with Crippen molar-refractivity contribution in [3.63, 3.8) is 0 Å². The van der Waals surface area contributed by atoms with Crippen LogP contribution in [0.3, 0.4) is 0 Å². The fourth-order valence-electron chi connectivity index (χ4n) is 3.79. The Labute approximate surface area is 227 Å². The van der Waals surface area contributed by atoms with Crippen LogP contribution in [-0.4, -0.2) is 55.2 Å². The summed E-state index contributed by atoms with van der Waals surface area (Å²) in [5, 5.41) is 21.2. The van der Waals surface area contributed by atoms with Crippen LogP contribution in [-0.2, 0) is 22.6 Å². The number of nitrogens with one attached hydrogen (secondary N) is 3. The monoisotopic (exact) mass is 581 g/mol. The number of hydrogen-bond acceptors (Lipinski definition) is 8. The molecule has 13 nitrogen and oxygen atoms in total. The maximum absolute atomic E-state index is 13.4. The minimum absolute atomic E-state index is 0.0202. The lowest BCUT2D eigenvalue weighted by molar-refractivity contribution is -0.349. The number of halogens is 3. The molecule has 0 aliphatic heterocycles. The SMILES string of the molecule is Nc1nc2[nH+]cc(CN(C(=O)C(F)(F)F)c3ccc(C(=O)N[13C@@H]([13CH2][13c]4[13cH][13cH][13c](O)[13cH][13cH]4)[13C](=O)O)cc3)nc2c(=O)[nH]1. The zero-order valence-corrected chi connectivity index (χ0v) is 20.8. The van der Waals surface area contributed by atoms with Crippen LogP contribution in [0.2, 0.25) is 0 Å². The van der Waals surface area contributed by atoms with Crippen LogP contribution in [0, 0.1) is 0 Å². The summed E-state index contributed by atoms with van der Waals surface area (Å²) in [4.78, 5) is 61.8. The number of phenolic OH excluding ortho intramolecular Hbond substituents is 1. The number of phenols is 1. The number of H-pyrrole nitrogens is 2. The molecule has 7 N–H and O–H groups in total. The van der Waals surface area contributed by atoms with Crippen LogP contribution < -0.4 is 26.5 Å². The van der Waals surface area contributed by atoms with Gasteiger partial charge in [0.2, 0.25) is 5.52 Å². The first kappa shape index (κ1) is 28.5. The summed E-state index contributed by atoms with van der Waals surface area (Å²) in [5.41, 5.74) is 4.50. The van der Waals surface area contributed by atoms with Crippen molar-refractivity contribution in [2.45, 2.75) is 25.2 Å². The number of carbonyl (C=O) groups excluding carboxylic acids is 2. The molecule has 0 unspecified atom stereocenters. The Kier molecular flexibility index (Phi) is 7.84. The predicted molar refractivity (Wildman–Crippen MR) is 136 cm³/mol. The highest BCUT2D eigenvalue weighted by Gasteiger charge is 2.43. The van der Waals surface area contributed by atoms with E-state index in [1.807, 2.05) is 0 Å². The highest BCUT2D eigenvalue weighted by atomic mass is 19.4. The Hall–Kier alpha value is -5.54. The van der Waals surface area contributed by atoms with Crippen molar-refractivity contribution in [3.8, 4) is 5.75 Å². The molecule has 0 spiro atoms. The Morgan fingerprint density at radius 3 is 2.34 bits per heavy atom. The van der Waals surface area contributed by atoms with Crippen LogP contribution in [0.1, 0.15) is 21.6 Å². The second kappa shape index (κ2) is 11.3. The molecule has 0 aliphatic rings. The molecule has 2 aromatic carbocycles. The molecule has 0 bridgehead atoms. The molecule has 4 rings (SSSR count). The zero-order valence-electron chi connectivity index (χ0n) is 20.8. The quantitative estimate of drug-likeness (QED) is 0.188. The van der Waals surface area contributed by atoms with Gasteiger partial charge in [-0.1, -0.05) is 12.1 Å². The molecule has 2 aromatic heterocycles. The Morgan fingerprint density at radius 2 is 1.73 bits per heavy atom. The van der Waals surface area contributed by atoms with Crippen LogP contribution in [0.4, 0.5) is 24.8 Å². The maximum atomic E-state index is 13.4. The number of carboxylic acid groups (broad SMARTS) is 1. The number of amides is 2. The second-order valence-corrected chi connectivity index (χ2v) is 8.71. The number of nitrogens with zero attached hydrogens (tertiary/aromatic N) is 3. The number of nitrogen functional groups attached to an aromatic ring is 1. The number of aromatic hydroxyl groups is 1. The van der Waals surface area contributed by atoms with Gasteiger partial charge >= 0.3 is 29.6 Å². The number of carboxylic acids is 1.